The van der Waals surface area contributed by atoms with Gasteiger partial charge in [0.1, 0.15) is 17.8 Å². The van der Waals surface area contributed by atoms with Gasteiger partial charge >= 0.3 is 0 Å². The summed E-state index contributed by atoms with van der Waals surface area (Å²) < 4.78 is 5.82. The van der Waals surface area contributed by atoms with Gasteiger partial charge in [-0.1, -0.05) is 11.6 Å². The van der Waals surface area contributed by atoms with Crippen LogP contribution in [0.1, 0.15) is 24.8 Å². The maximum atomic E-state index is 11.0. The third kappa shape index (κ3) is 1.79. The summed E-state index contributed by atoms with van der Waals surface area (Å²) >= 11 is 5.95. The first kappa shape index (κ1) is 10.6. The molecule has 0 amide bonds. The number of carbonyl (C=O) groups is 1. The fraction of sp³-hybridized carbons (Fsp3) is 0.214. The van der Waals surface area contributed by atoms with Gasteiger partial charge in [0.25, 0.3) is 0 Å². The highest BCUT2D eigenvalue weighted by Gasteiger charge is 2.23. The minimum absolute atomic E-state index is 0.697. The van der Waals surface area contributed by atoms with Crippen molar-refractivity contribution in [2.24, 2.45) is 0 Å². The van der Waals surface area contributed by atoms with E-state index in [9.17, 15) is 4.79 Å². The molecule has 1 aliphatic carbocycles. The maximum Gasteiger partial charge on any atom is 0.149 e. The molecule has 3 rings (SSSR count). The zero-order chi connectivity index (χ0) is 11.8. The monoisotopic (exact) mass is 246 g/mol. The van der Waals surface area contributed by atoms with E-state index in [2.05, 4.69) is 6.08 Å². The van der Waals surface area contributed by atoms with Crippen molar-refractivity contribution in [1.82, 2.24) is 0 Å². The molecule has 0 aromatic heterocycles. The SMILES string of the molecule is O=CC1=C2Oc3ccc(Cl)cc3C=C2CCC1. The van der Waals surface area contributed by atoms with Crippen LogP contribution in [0, 0.1) is 0 Å². The van der Waals surface area contributed by atoms with Crippen LogP contribution >= 0.6 is 11.6 Å². The topological polar surface area (TPSA) is 26.3 Å². The lowest BCUT2D eigenvalue weighted by Crippen LogP contribution is -2.13. The summed E-state index contributed by atoms with van der Waals surface area (Å²) in [6, 6.07) is 5.52. The van der Waals surface area contributed by atoms with Gasteiger partial charge < -0.3 is 4.74 Å². The number of fused-ring (bicyclic) bond motifs is 2. The normalized spacial score (nSPS) is 17.8. The molecule has 1 heterocycles. The predicted octanol–water partition coefficient (Wildman–Crippen LogP) is 3.75. The van der Waals surface area contributed by atoms with Gasteiger partial charge in [0, 0.05) is 16.2 Å². The number of hydrogen-bond donors (Lipinski definition) is 0. The third-order valence-corrected chi connectivity index (χ3v) is 3.37. The van der Waals surface area contributed by atoms with Crippen LogP contribution in [0.15, 0.2) is 35.1 Å². The first-order valence-corrected chi connectivity index (χ1v) is 6.02. The molecule has 0 radical (unpaired) electrons. The Hall–Kier alpha value is -1.54. The lowest BCUT2D eigenvalue weighted by atomic mass is 9.91. The van der Waals surface area contributed by atoms with Gasteiger partial charge in [0.15, 0.2) is 0 Å². The first-order chi connectivity index (χ1) is 8.28. The van der Waals surface area contributed by atoms with Crippen LogP contribution in [0.5, 0.6) is 5.75 Å². The van der Waals surface area contributed by atoms with Crippen LogP contribution in [0.4, 0.5) is 0 Å². The summed E-state index contributed by atoms with van der Waals surface area (Å²) in [4.78, 5) is 11.0. The Morgan fingerprint density at radius 1 is 1.29 bits per heavy atom. The zero-order valence-corrected chi connectivity index (χ0v) is 9.96. The number of rotatable bonds is 1. The van der Waals surface area contributed by atoms with Crippen LogP contribution in [0.2, 0.25) is 5.02 Å². The number of carbonyl (C=O) groups excluding carboxylic acids is 1. The van der Waals surface area contributed by atoms with Gasteiger partial charge in [-0.05, 0) is 49.1 Å². The number of ether oxygens (including phenoxy) is 1. The number of allylic oxidation sites excluding steroid dienone is 2. The van der Waals surface area contributed by atoms with Crippen LogP contribution in [-0.2, 0) is 4.79 Å². The number of hydrogen-bond acceptors (Lipinski definition) is 2. The summed E-state index contributed by atoms with van der Waals surface area (Å²) in [5.74, 6) is 1.52. The highest BCUT2D eigenvalue weighted by atomic mass is 35.5. The second-order valence-corrected chi connectivity index (χ2v) is 4.72. The molecule has 0 saturated heterocycles. The summed E-state index contributed by atoms with van der Waals surface area (Å²) in [5.41, 5.74) is 2.86. The summed E-state index contributed by atoms with van der Waals surface area (Å²) in [6.45, 7) is 0. The second kappa shape index (κ2) is 4.04. The number of benzene rings is 1. The van der Waals surface area contributed by atoms with Crippen molar-refractivity contribution in [3.63, 3.8) is 0 Å². The Morgan fingerprint density at radius 2 is 2.18 bits per heavy atom. The first-order valence-electron chi connectivity index (χ1n) is 5.64. The zero-order valence-electron chi connectivity index (χ0n) is 9.20. The lowest BCUT2D eigenvalue weighted by molar-refractivity contribution is -0.105. The highest BCUT2D eigenvalue weighted by Crippen LogP contribution is 2.39. The molecule has 0 bridgehead atoms. The van der Waals surface area contributed by atoms with Crippen LogP contribution < -0.4 is 4.74 Å². The quantitative estimate of drug-likeness (QED) is 0.706. The Kier molecular flexibility index (Phi) is 2.52. The molecule has 0 atom stereocenters. The van der Waals surface area contributed by atoms with Crippen LogP contribution in [-0.4, -0.2) is 6.29 Å². The molecule has 0 spiro atoms. The van der Waals surface area contributed by atoms with E-state index in [4.69, 9.17) is 16.3 Å². The van der Waals surface area contributed by atoms with Gasteiger partial charge in [-0.2, -0.15) is 0 Å². The maximum absolute atomic E-state index is 11.0. The van der Waals surface area contributed by atoms with E-state index in [1.165, 1.54) is 0 Å². The van der Waals surface area contributed by atoms with Crippen LogP contribution in [0.3, 0.4) is 0 Å². The van der Waals surface area contributed by atoms with Crippen molar-refractivity contribution in [2.45, 2.75) is 19.3 Å². The minimum atomic E-state index is 0.697. The Balaban J connectivity index is 2.15. The van der Waals surface area contributed by atoms with E-state index in [1.54, 1.807) is 6.07 Å². The molecular weight excluding hydrogens is 236 g/mol. The molecule has 1 aromatic rings. The molecule has 2 nitrogen and oxygen atoms in total. The van der Waals surface area contributed by atoms with E-state index in [0.717, 1.165) is 53.8 Å². The lowest BCUT2D eigenvalue weighted by Gasteiger charge is -2.25. The van der Waals surface area contributed by atoms with Crippen molar-refractivity contribution in [3.8, 4) is 5.75 Å². The van der Waals surface area contributed by atoms with Gasteiger partial charge in [-0.3, -0.25) is 4.79 Å². The average Bonchev–Trinajstić information content (AvgIpc) is 2.35. The molecule has 3 heteroatoms. The standard InChI is InChI=1S/C14H11ClO2/c15-12-4-5-13-11(7-12)6-9-2-1-3-10(8-16)14(9)17-13/h4-8H,1-3H2. The predicted molar refractivity (Wildman–Crippen MR) is 67.0 cm³/mol. The average molecular weight is 247 g/mol. The molecular formula is C14H11ClO2. The van der Waals surface area contributed by atoms with Crippen LogP contribution in [0.25, 0.3) is 6.08 Å². The summed E-state index contributed by atoms with van der Waals surface area (Å²) in [7, 11) is 0. The second-order valence-electron chi connectivity index (χ2n) is 4.28. The number of halogens is 1. The van der Waals surface area contributed by atoms with E-state index in [-0.39, 0.29) is 0 Å². The third-order valence-electron chi connectivity index (χ3n) is 3.13. The molecule has 86 valence electrons. The molecule has 17 heavy (non-hydrogen) atoms. The van der Waals surface area contributed by atoms with Crippen molar-refractivity contribution in [3.05, 3.63) is 45.7 Å². The smallest absolute Gasteiger partial charge is 0.149 e. The molecule has 2 aliphatic rings. The Labute approximate surface area is 105 Å². The van der Waals surface area contributed by atoms with E-state index in [0.29, 0.717) is 5.02 Å². The molecule has 0 unspecified atom stereocenters. The fourth-order valence-electron chi connectivity index (χ4n) is 2.31. The van der Waals surface area contributed by atoms with E-state index >= 15 is 0 Å². The van der Waals surface area contributed by atoms with Crippen molar-refractivity contribution in [1.29, 1.82) is 0 Å². The van der Waals surface area contributed by atoms with Gasteiger partial charge in [-0.25, -0.2) is 0 Å². The largest absolute Gasteiger partial charge is 0.456 e. The molecule has 0 saturated carbocycles. The Bertz CT molecular complexity index is 555. The molecule has 0 N–H and O–H groups in total. The fourth-order valence-corrected chi connectivity index (χ4v) is 2.49. The number of aldehydes is 1. The summed E-state index contributed by atoms with van der Waals surface area (Å²) in [5, 5.41) is 0.697. The Morgan fingerprint density at radius 3 is 3.00 bits per heavy atom. The molecule has 0 fully saturated rings. The minimum Gasteiger partial charge on any atom is -0.456 e. The van der Waals surface area contributed by atoms with Crippen molar-refractivity contribution in [2.75, 3.05) is 0 Å². The molecule has 1 aliphatic heterocycles. The van der Waals surface area contributed by atoms with E-state index < -0.39 is 0 Å². The van der Waals surface area contributed by atoms with Gasteiger partial charge in [0.05, 0.1) is 0 Å². The van der Waals surface area contributed by atoms with E-state index in [1.807, 2.05) is 12.1 Å². The van der Waals surface area contributed by atoms with Crippen molar-refractivity contribution < 1.29 is 9.53 Å². The van der Waals surface area contributed by atoms with Gasteiger partial charge in [-0.15, -0.1) is 0 Å². The van der Waals surface area contributed by atoms with Crippen molar-refractivity contribution >= 4 is 24.0 Å². The summed E-state index contributed by atoms with van der Waals surface area (Å²) in [6.07, 6.45) is 5.74. The highest BCUT2D eigenvalue weighted by molar-refractivity contribution is 6.30. The van der Waals surface area contributed by atoms with Gasteiger partial charge in [0.2, 0.25) is 0 Å². The molecule has 1 aromatic carbocycles.